The number of esters is 1. The molecule has 0 saturated carbocycles. The molecule has 0 radical (unpaired) electrons. The molecule has 0 aromatic rings. The Bertz CT molecular complexity index is 389. The molecule has 19 heavy (non-hydrogen) atoms. The maximum absolute atomic E-state index is 12.2. The zero-order valence-electron chi connectivity index (χ0n) is 11.9. The van der Waals surface area contributed by atoms with Crippen molar-refractivity contribution in [1.29, 1.82) is 0 Å². The van der Waals surface area contributed by atoms with Gasteiger partial charge >= 0.3 is 5.97 Å². The van der Waals surface area contributed by atoms with E-state index in [0.717, 1.165) is 19.4 Å². The summed E-state index contributed by atoms with van der Waals surface area (Å²) < 4.78 is 30.6. The van der Waals surface area contributed by atoms with E-state index in [1.165, 1.54) is 4.31 Å². The van der Waals surface area contributed by atoms with Gasteiger partial charge in [0.25, 0.3) is 0 Å². The Morgan fingerprint density at radius 1 is 1.47 bits per heavy atom. The summed E-state index contributed by atoms with van der Waals surface area (Å²) in [7, 11) is -3.61. The van der Waals surface area contributed by atoms with Gasteiger partial charge in [-0.15, -0.1) is 0 Å². The number of carbonyl (C=O) groups is 1. The number of hydrogen-bond donors (Lipinski definition) is 1. The third-order valence-corrected chi connectivity index (χ3v) is 4.99. The predicted octanol–water partition coefficient (Wildman–Crippen LogP) is 0.342. The van der Waals surface area contributed by atoms with Crippen LogP contribution in [0.4, 0.5) is 0 Å². The maximum atomic E-state index is 12.2. The quantitative estimate of drug-likeness (QED) is 0.685. The van der Waals surface area contributed by atoms with E-state index >= 15 is 0 Å². The summed E-state index contributed by atoms with van der Waals surface area (Å²) in [6.45, 7) is 6.83. The Morgan fingerprint density at radius 3 is 2.63 bits per heavy atom. The van der Waals surface area contributed by atoms with Crippen molar-refractivity contribution in [2.75, 3.05) is 25.4 Å². The van der Waals surface area contributed by atoms with E-state index in [9.17, 15) is 13.2 Å². The Balaban J connectivity index is 2.70. The average Bonchev–Trinajstić information content (AvgIpc) is 2.77. The summed E-state index contributed by atoms with van der Waals surface area (Å²) in [5, 5.41) is 3.27. The van der Waals surface area contributed by atoms with E-state index in [2.05, 4.69) is 5.32 Å². The van der Waals surface area contributed by atoms with Crippen LogP contribution < -0.4 is 5.32 Å². The number of nitrogens with zero attached hydrogens (tertiary/aromatic N) is 1. The molecule has 0 spiro atoms. The molecule has 1 aliphatic heterocycles. The number of hydrogen-bond acceptors (Lipinski definition) is 5. The van der Waals surface area contributed by atoms with Gasteiger partial charge in [0.05, 0.1) is 6.61 Å². The van der Waals surface area contributed by atoms with E-state index in [0.29, 0.717) is 6.54 Å². The third-order valence-electron chi connectivity index (χ3n) is 3.10. The van der Waals surface area contributed by atoms with Crippen molar-refractivity contribution < 1.29 is 17.9 Å². The van der Waals surface area contributed by atoms with Gasteiger partial charge in [-0.3, -0.25) is 4.79 Å². The van der Waals surface area contributed by atoms with Crippen molar-refractivity contribution in [2.45, 2.75) is 45.7 Å². The van der Waals surface area contributed by atoms with Crippen molar-refractivity contribution in [3.63, 3.8) is 0 Å². The minimum absolute atomic E-state index is 0.165. The number of ether oxygens (including phenoxy) is 1. The van der Waals surface area contributed by atoms with Gasteiger partial charge in [-0.1, -0.05) is 0 Å². The molecule has 7 heteroatoms. The highest BCUT2D eigenvalue weighted by Gasteiger charge is 2.31. The van der Waals surface area contributed by atoms with Crippen LogP contribution in [0.25, 0.3) is 0 Å². The second-order valence-electron chi connectivity index (χ2n) is 5.02. The normalized spacial score (nSPS) is 20.2. The highest BCUT2D eigenvalue weighted by molar-refractivity contribution is 7.89. The first-order chi connectivity index (χ1) is 8.86. The van der Waals surface area contributed by atoms with E-state index in [-0.39, 0.29) is 18.7 Å². The third kappa shape index (κ3) is 5.08. The van der Waals surface area contributed by atoms with Gasteiger partial charge in [-0.25, -0.2) is 8.42 Å². The van der Waals surface area contributed by atoms with E-state index < -0.39 is 21.7 Å². The lowest BCUT2D eigenvalue weighted by Crippen LogP contribution is -2.46. The highest BCUT2D eigenvalue weighted by Crippen LogP contribution is 2.14. The van der Waals surface area contributed by atoms with E-state index in [1.54, 1.807) is 6.92 Å². The molecule has 0 amide bonds. The van der Waals surface area contributed by atoms with Gasteiger partial charge in [-0.05, 0) is 40.2 Å². The van der Waals surface area contributed by atoms with Crippen molar-refractivity contribution in [1.82, 2.24) is 9.62 Å². The van der Waals surface area contributed by atoms with E-state index in [4.69, 9.17) is 4.74 Å². The molecule has 0 bridgehead atoms. The molecule has 1 N–H and O–H groups in total. The summed E-state index contributed by atoms with van der Waals surface area (Å²) in [5.41, 5.74) is 0. The molecule has 1 heterocycles. The van der Waals surface area contributed by atoms with Crippen LogP contribution >= 0.6 is 0 Å². The largest absolute Gasteiger partial charge is 0.465 e. The van der Waals surface area contributed by atoms with Gasteiger partial charge in [0.15, 0.2) is 5.75 Å². The SMILES string of the molecule is CCOC(=O)CS(=O)(=O)N(CC1CCCN1)C(C)C. The summed E-state index contributed by atoms with van der Waals surface area (Å²) >= 11 is 0. The fourth-order valence-electron chi connectivity index (χ4n) is 2.21. The van der Waals surface area contributed by atoms with Crippen LogP contribution in [-0.4, -0.2) is 56.2 Å². The number of carbonyl (C=O) groups excluding carboxylic acids is 1. The molecular weight excluding hydrogens is 268 g/mol. The van der Waals surface area contributed by atoms with Gasteiger partial charge in [0, 0.05) is 18.6 Å². The van der Waals surface area contributed by atoms with Crippen molar-refractivity contribution in [2.24, 2.45) is 0 Å². The summed E-state index contributed by atoms with van der Waals surface area (Å²) in [5.74, 6) is -1.27. The zero-order chi connectivity index (χ0) is 14.5. The molecule has 1 saturated heterocycles. The zero-order valence-corrected chi connectivity index (χ0v) is 12.7. The molecular formula is C12H24N2O4S. The molecule has 1 fully saturated rings. The number of nitrogens with one attached hydrogen (secondary N) is 1. The molecule has 0 aromatic carbocycles. The van der Waals surface area contributed by atoms with Gasteiger partial charge in [0.2, 0.25) is 10.0 Å². The Labute approximate surface area is 115 Å². The highest BCUT2D eigenvalue weighted by atomic mass is 32.2. The topological polar surface area (TPSA) is 75.7 Å². The van der Waals surface area contributed by atoms with Crippen LogP contribution in [0.3, 0.4) is 0 Å². The Hall–Kier alpha value is -0.660. The van der Waals surface area contributed by atoms with Crippen LogP contribution in [0.15, 0.2) is 0 Å². The van der Waals surface area contributed by atoms with Crippen LogP contribution in [0.5, 0.6) is 0 Å². The second kappa shape index (κ2) is 7.21. The van der Waals surface area contributed by atoms with Crippen LogP contribution in [0.2, 0.25) is 0 Å². The number of rotatable bonds is 7. The monoisotopic (exact) mass is 292 g/mol. The van der Waals surface area contributed by atoms with Crippen molar-refractivity contribution in [3.8, 4) is 0 Å². The summed E-state index contributed by atoms with van der Waals surface area (Å²) in [4.78, 5) is 11.4. The van der Waals surface area contributed by atoms with Gasteiger partial charge < -0.3 is 10.1 Å². The predicted molar refractivity (Wildman–Crippen MR) is 73.3 cm³/mol. The first kappa shape index (κ1) is 16.4. The molecule has 112 valence electrons. The fourth-order valence-corrected chi connectivity index (χ4v) is 3.81. The smallest absolute Gasteiger partial charge is 0.322 e. The molecule has 6 nitrogen and oxygen atoms in total. The standard InChI is InChI=1S/C12H24N2O4S/c1-4-18-12(15)9-19(16,17)14(10(2)3)8-11-6-5-7-13-11/h10-11,13H,4-9H2,1-3H3. The van der Waals surface area contributed by atoms with Gasteiger partial charge in [0.1, 0.15) is 0 Å². The maximum Gasteiger partial charge on any atom is 0.322 e. The second-order valence-corrected chi connectivity index (χ2v) is 6.94. The fraction of sp³-hybridized carbons (Fsp3) is 0.917. The molecule has 1 unspecified atom stereocenters. The Kier molecular flexibility index (Phi) is 6.22. The van der Waals surface area contributed by atoms with Crippen LogP contribution in [0, 0.1) is 0 Å². The van der Waals surface area contributed by atoms with E-state index in [1.807, 2.05) is 13.8 Å². The molecule has 1 aliphatic rings. The van der Waals surface area contributed by atoms with Crippen LogP contribution in [0.1, 0.15) is 33.6 Å². The summed E-state index contributed by atoms with van der Waals surface area (Å²) in [6, 6.07) is 0.0150. The average molecular weight is 292 g/mol. The minimum atomic E-state index is -3.61. The summed E-state index contributed by atoms with van der Waals surface area (Å²) in [6.07, 6.45) is 2.03. The first-order valence-corrected chi connectivity index (χ1v) is 8.36. The lowest BCUT2D eigenvalue weighted by molar-refractivity contribution is -0.140. The van der Waals surface area contributed by atoms with Crippen molar-refractivity contribution in [3.05, 3.63) is 0 Å². The molecule has 1 atom stereocenters. The minimum Gasteiger partial charge on any atom is -0.465 e. The lowest BCUT2D eigenvalue weighted by Gasteiger charge is -2.28. The lowest BCUT2D eigenvalue weighted by atomic mass is 10.2. The van der Waals surface area contributed by atoms with Gasteiger partial charge in [-0.2, -0.15) is 4.31 Å². The van der Waals surface area contributed by atoms with Crippen molar-refractivity contribution >= 4 is 16.0 Å². The molecule has 0 aromatic heterocycles. The van der Waals surface area contributed by atoms with Crippen LogP contribution in [-0.2, 0) is 19.6 Å². The first-order valence-electron chi connectivity index (χ1n) is 6.75. The molecule has 0 aliphatic carbocycles. The molecule has 1 rings (SSSR count). The number of sulfonamides is 1. The Morgan fingerprint density at radius 2 is 2.16 bits per heavy atom.